The number of H-pyrrole nitrogens is 2. The van der Waals surface area contributed by atoms with E-state index in [0.29, 0.717) is 178 Å². The zero-order valence-electron chi connectivity index (χ0n) is 85.9. The second-order valence-electron chi connectivity index (χ2n) is 43.8. The Hall–Kier alpha value is -6.61. The molecule has 0 fully saturated rings. The molecule has 0 spiro atoms. The highest BCUT2D eigenvalue weighted by atomic mass is 28.3. The summed E-state index contributed by atoms with van der Waals surface area (Å²) in [4.78, 5) is 20.2. The minimum absolute atomic E-state index is 0.392. The topological polar surface area (TPSA) is 113 Å². The molecule has 2 aliphatic heterocycles. The molecule has 5 heterocycles. The van der Waals surface area contributed by atoms with E-state index in [0.717, 1.165) is 142 Å². The van der Waals surface area contributed by atoms with E-state index in [2.05, 4.69) is 313 Å². The van der Waals surface area contributed by atoms with Crippen LogP contribution in [-0.4, -0.2) is 75.7 Å². The Morgan fingerprint density at radius 3 is 0.698 bits per heavy atom. The molecule has 702 valence electrons. The molecule has 2 aromatic carbocycles. The van der Waals surface area contributed by atoms with Gasteiger partial charge in [0, 0.05) is 22.2 Å². The van der Waals surface area contributed by atoms with Crippen molar-refractivity contribution in [2.24, 2.45) is 71.0 Å². The Morgan fingerprint density at radius 2 is 0.476 bits per heavy atom. The molecule has 5 aromatic rings. The van der Waals surface area contributed by atoms with Gasteiger partial charge in [-0.15, -0.1) is 11.1 Å². The molecule has 6 atom stereocenters. The van der Waals surface area contributed by atoms with Crippen LogP contribution in [0.1, 0.15) is 396 Å². The zero-order valence-corrected chi connectivity index (χ0v) is 87.9. The van der Waals surface area contributed by atoms with Crippen LogP contribution in [0.3, 0.4) is 0 Å². The third kappa shape index (κ3) is 32.4. The van der Waals surface area contributed by atoms with Crippen molar-refractivity contribution in [1.82, 2.24) is 19.9 Å². The number of hydrogen-bond acceptors (Lipinski definition) is 8. The highest BCUT2D eigenvalue weighted by molar-refractivity contribution is 6.91. The van der Waals surface area contributed by atoms with Crippen molar-refractivity contribution in [3.63, 3.8) is 0 Å². The molecule has 126 heavy (non-hydrogen) atoms. The number of hydrogen-bond donors (Lipinski definition) is 2. The summed E-state index contributed by atoms with van der Waals surface area (Å²) in [7, 11) is -4.74. The minimum Gasteiger partial charge on any atom is -0.490 e. The smallest absolute Gasteiger partial charge is 0.203 e. The Balaban J connectivity index is 1.68. The van der Waals surface area contributed by atoms with E-state index in [1.165, 1.54) is 89.9 Å². The fraction of sp³-hybridized carbons (Fsp3) is 0.684. The molecule has 0 radical (unpaired) electrons. The minimum atomic E-state index is -2.37. The summed E-state index contributed by atoms with van der Waals surface area (Å²) in [5.41, 5.74) is 22.9. The van der Waals surface area contributed by atoms with E-state index in [9.17, 15) is 0 Å². The third-order valence-electron chi connectivity index (χ3n) is 28.0. The molecule has 12 heteroatoms. The van der Waals surface area contributed by atoms with Crippen molar-refractivity contribution in [3.8, 4) is 79.7 Å². The molecule has 0 aliphatic carbocycles. The molecule has 10 nitrogen and oxygen atoms in total. The SMILES string of the molecule is CC(C)CCC[C@H](C)CCOc1cc(-c2c3nc(c(C#C[Si](C(C)C)(C(C)C)C(C)C)c4ccc([nH]4)c(-c4cc(OCC[C@@H](C)CCCC(C)C)c(OCC[C@@H](C)CCCC(C)C)c(OCC[C@@H](C)CCCC(C)C)c4)c4nc(c(C#C[Si](C(C)C)(C(C)C)C(C)C)c5ccc2[nH]5)C=C4)C=C3)cc(OCC[C@@H](C)CCCC(C)C)c1OCC[C@@H](C)CCCC(C)C. The second-order valence-corrected chi connectivity index (χ2v) is 55.0. The van der Waals surface area contributed by atoms with Crippen molar-refractivity contribution in [3.05, 3.63) is 82.4 Å². The number of aromatic amines is 2. The Labute approximate surface area is 773 Å². The monoisotopic (exact) mass is 1760 g/mol. The predicted octanol–water partition coefficient (Wildman–Crippen LogP) is 34.5. The first-order valence-corrected chi connectivity index (χ1v) is 55.7. The van der Waals surface area contributed by atoms with Gasteiger partial charge in [0.25, 0.3) is 0 Å². The van der Waals surface area contributed by atoms with Crippen LogP contribution >= 0.6 is 0 Å². The van der Waals surface area contributed by atoms with Gasteiger partial charge < -0.3 is 38.4 Å². The number of nitrogens with one attached hydrogen (secondary N) is 2. The molecule has 2 N–H and O–H groups in total. The number of aromatic nitrogens is 4. The lowest BCUT2D eigenvalue weighted by molar-refractivity contribution is 0.216. The van der Waals surface area contributed by atoms with Crippen molar-refractivity contribution >= 4 is 62.5 Å². The van der Waals surface area contributed by atoms with Crippen LogP contribution in [0.15, 0.2) is 48.5 Å². The quantitative estimate of drug-likeness (QED) is 0.0286. The van der Waals surface area contributed by atoms with Crippen LogP contribution in [0.4, 0.5) is 0 Å². The van der Waals surface area contributed by atoms with Gasteiger partial charge in [0.15, 0.2) is 23.0 Å². The van der Waals surface area contributed by atoms with Gasteiger partial charge in [0.05, 0.1) is 84.6 Å². The number of rotatable bonds is 56. The maximum absolute atomic E-state index is 7.30. The van der Waals surface area contributed by atoms with Crippen LogP contribution in [-0.2, 0) is 0 Å². The number of ether oxygens (including phenoxy) is 6. The maximum atomic E-state index is 7.30. The average Bonchev–Trinajstić information content (AvgIpc) is 1.59. The van der Waals surface area contributed by atoms with Crippen LogP contribution in [0.2, 0.25) is 33.2 Å². The van der Waals surface area contributed by atoms with Crippen molar-refractivity contribution in [2.75, 3.05) is 39.6 Å². The summed E-state index contributed by atoms with van der Waals surface area (Å²) in [5, 5.41) is 0. The summed E-state index contributed by atoms with van der Waals surface area (Å²) < 4.78 is 43.6. The predicted molar refractivity (Wildman–Crippen MR) is 553 cm³/mol. The summed E-state index contributed by atoms with van der Waals surface area (Å²) in [6.07, 6.45) is 36.0. The lowest BCUT2D eigenvalue weighted by Gasteiger charge is -2.38. The van der Waals surface area contributed by atoms with Gasteiger partial charge in [-0.2, -0.15) is 0 Å². The molecule has 7 rings (SSSR count). The molecule has 0 saturated heterocycles. The van der Waals surface area contributed by atoms with Gasteiger partial charge in [-0.1, -0.05) is 335 Å². The van der Waals surface area contributed by atoms with Gasteiger partial charge >= 0.3 is 0 Å². The van der Waals surface area contributed by atoms with Crippen molar-refractivity contribution in [1.29, 1.82) is 0 Å². The Morgan fingerprint density at radius 1 is 0.262 bits per heavy atom. The Kier molecular flexibility index (Phi) is 44.8. The number of benzene rings is 2. The molecule has 0 saturated carbocycles. The lowest BCUT2D eigenvalue weighted by Crippen LogP contribution is -2.43. The molecule has 0 unspecified atom stereocenters. The fourth-order valence-electron chi connectivity index (χ4n) is 19.8. The summed E-state index contributed by atoms with van der Waals surface area (Å²) in [5.74, 6) is 19.3. The first-order valence-electron chi connectivity index (χ1n) is 51.2. The van der Waals surface area contributed by atoms with E-state index < -0.39 is 16.1 Å². The molecule has 0 amide bonds. The van der Waals surface area contributed by atoms with Crippen molar-refractivity contribution < 1.29 is 28.4 Å². The van der Waals surface area contributed by atoms with Gasteiger partial charge in [-0.05, 0) is 227 Å². The molecular weight excluding hydrogens is 1580 g/mol. The highest BCUT2D eigenvalue weighted by Gasteiger charge is 2.43. The van der Waals surface area contributed by atoms with E-state index in [1.807, 2.05) is 0 Å². The second kappa shape index (κ2) is 53.0. The van der Waals surface area contributed by atoms with Crippen LogP contribution in [0.5, 0.6) is 34.5 Å². The zero-order chi connectivity index (χ0) is 92.5. The van der Waals surface area contributed by atoms with Gasteiger partial charge in [-0.3, -0.25) is 0 Å². The van der Waals surface area contributed by atoms with E-state index in [4.69, 9.17) is 38.4 Å². The van der Waals surface area contributed by atoms with Gasteiger partial charge in [0.2, 0.25) is 11.5 Å². The Bertz CT molecular complexity index is 4040. The fourth-order valence-corrected chi connectivity index (χ4v) is 30.2. The molecule has 8 bridgehead atoms. The summed E-state index contributed by atoms with van der Waals surface area (Å²) in [6.45, 7) is 74.5. The highest BCUT2D eigenvalue weighted by Crippen LogP contribution is 2.49. The molecule has 2 aliphatic rings. The van der Waals surface area contributed by atoms with Crippen LogP contribution < -0.4 is 28.4 Å². The normalized spacial score (nSPS) is 14.1. The molecule has 3 aromatic heterocycles. The largest absolute Gasteiger partial charge is 0.490 e. The number of fused-ring (bicyclic) bond motifs is 8. The first-order chi connectivity index (χ1) is 59.8. The van der Waals surface area contributed by atoms with E-state index in [-0.39, 0.29) is 0 Å². The lowest BCUT2D eigenvalue weighted by atomic mass is 9.97. The summed E-state index contributed by atoms with van der Waals surface area (Å²) >= 11 is 0. The van der Waals surface area contributed by atoms with Crippen molar-refractivity contribution in [2.45, 2.75) is 395 Å². The van der Waals surface area contributed by atoms with Gasteiger partial charge in [0.1, 0.15) is 16.1 Å². The number of nitrogens with zero attached hydrogens (tertiary/aromatic N) is 2. The van der Waals surface area contributed by atoms with E-state index in [1.54, 1.807) is 0 Å². The van der Waals surface area contributed by atoms with E-state index >= 15 is 0 Å². The van der Waals surface area contributed by atoms with Crippen LogP contribution in [0.25, 0.3) is 68.6 Å². The van der Waals surface area contributed by atoms with Gasteiger partial charge in [-0.25, -0.2) is 9.97 Å². The molecular formula is C114H182N4O6Si2. The van der Waals surface area contributed by atoms with Crippen LogP contribution in [0, 0.1) is 93.9 Å². The average molecular weight is 1760 g/mol. The standard InChI is InChI=1S/C114H182N4O6Si2/c1-77(2)37-31-43-89(25)57-65-119-107-73-95(74-108(120-66-58-90(26)44-32-38-78(3)4)113(107)123-69-61-93(29)47-35-41-81(9)10)111-103-53-49-99(115-103)97(63-71-125(83(13)14,84(15)16)85(17)18)101-51-55-105(117-101)112(106-56-52-102(118-106)98(100-50-54-104(111)116-100)64-72-126(86(19)20,87(21)22)88(23)24)96-75-109(121-67-59-91(27)45-33-39-79(5)6)114(124-70-62-94(30)48-36-42-82(11)12)110(76-96)122-68-60-92(28)46-34-40-80(7)8/h49-56,73-94,115,118H,31-48,57-62,65-70H2,1-30H3/t89-,90-,91-,92-,93-,94-/m0/s1. The maximum Gasteiger partial charge on any atom is 0.203 e. The first kappa shape index (κ1) is 106. The summed E-state index contributed by atoms with van der Waals surface area (Å²) in [6, 6.07) is 17.9. The third-order valence-corrected chi connectivity index (χ3v) is 40.6.